The van der Waals surface area contributed by atoms with E-state index in [2.05, 4.69) is 19.9 Å². The number of rotatable bonds is 4. The van der Waals surface area contributed by atoms with Crippen molar-refractivity contribution in [3.8, 4) is 0 Å². The highest BCUT2D eigenvalue weighted by atomic mass is 35.5. The molecule has 2 aromatic heterocycles. The second-order valence-corrected chi connectivity index (χ2v) is 7.86. The summed E-state index contributed by atoms with van der Waals surface area (Å²) in [6.07, 6.45) is 4.72. The first-order valence-electron chi connectivity index (χ1n) is 7.58. The lowest BCUT2D eigenvalue weighted by Crippen LogP contribution is -2.50. The summed E-state index contributed by atoms with van der Waals surface area (Å²) in [5.41, 5.74) is 5.76. The van der Waals surface area contributed by atoms with Crippen molar-refractivity contribution in [1.82, 2.24) is 24.2 Å². The van der Waals surface area contributed by atoms with Gasteiger partial charge in [-0.2, -0.15) is 4.31 Å². The van der Waals surface area contributed by atoms with Gasteiger partial charge >= 0.3 is 0 Å². The molecule has 1 aliphatic rings. The molecule has 1 unspecified atom stereocenters. The zero-order valence-corrected chi connectivity index (χ0v) is 14.8. The van der Waals surface area contributed by atoms with Crippen LogP contribution in [0.3, 0.4) is 0 Å². The fourth-order valence-electron chi connectivity index (χ4n) is 2.89. The third-order valence-electron chi connectivity index (χ3n) is 4.16. The van der Waals surface area contributed by atoms with Crippen LogP contribution in [0.2, 0.25) is 5.02 Å². The van der Waals surface area contributed by atoms with Crippen molar-refractivity contribution in [2.24, 2.45) is 0 Å². The third kappa shape index (κ3) is 3.12. The van der Waals surface area contributed by atoms with E-state index < -0.39 is 10.0 Å². The van der Waals surface area contributed by atoms with E-state index >= 15 is 0 Å². The number of aromatic amines is 1. The van der Waals surface area contributed by atoms with Crippen molar-refractivity contribution in [2.45, 2.75) is 17.9 Å². The lowest BCUT2D eigenvalue weighted by atomic mass is 10.2. The Labute approximate surface area is 145 Å². The van der Waals surface area contributed by atoms with Gasteiger partial charge in [0.1, 0.15) is 16.5 Å². The van der Waals surface area contributed by atoms with Gasteiger partial charge in [-0.25, -0.2) is 18.4 Å². The fourth-order valence-corrected chi connectivity index (χ4v) is 4.64. The van der Waals surface area contributed by atoms with Crippen LogP contribution in [0.5, 0.6) is 0 Å². The minimum absolute atomic E-state index is 0.0492. The molecule has 0 saturated carbocycles. The molecular formula is C14H19ClN6O2S. The van der Waals surface area contributed by atoms with E-state index in [0.29, 0.717) is 13.1 Å². The molecule has 0 bridgehead atoms. The predicted molar refractivity (Wildman–Crippen MR) is 91.0 cm³/mol. The molecule has 10 heteroatoms. The highest BCUT2D eigenvalue weighted by Crippen LogP contribution is 2.29. The van der Waals surface area contributed by atoms with E-state index in [-0.39, 0.29) is 28.3 Å². The van der Waals surface area contributed by atoms with Crippen molar-refractivity contribution in [3.05, 3.63) is 35.5 Å². The fraction of sp³-hybridized carbons (Fsp3) is 0.429. The van der Waals surface area contributed by atoms with Gasteiger partial charge in [-0.05, 0) is 12.6 Å². The summed E-state index contributed by atoms with van der Waals surface area (Å²) in [6.45, 7) is 4.11. The highest BCUT2D eigenvalue weighted by molar-refractivity contribution is 7.89. The predicted octanol–water partition coefficient (Wildman–Crippen LogP) is 1.11. The van der Waals surface area contributed by atoms with Crippen LogP contribution in [-0.2, 0) is 10.0 Å². The lowest BCUT2D eigenvalue weighted by molar-refractivity contribution is 0.119. The van der Waals surface area contributed by atoms with Gasteiger partial charge in [0.2, 0.25) is 10.0 Å². The number of nitrogens with zero attached hydrogens (tertiary/aromatic N) is 4. The molecule has 1 saturated heterocycles. The summed E-state index contributed by atoms with van der Waals surface area (Å²) in [5, 5.41) is 0.234. The van der Waals surface area contributed by atoms with Crippen molar-refractivity contribution >= 4 is 27.4 Å². The smallest absolute Gasteiger partial charge is 0.246 e. The SMILES string of the molecule is CCN1CCN(S(=O)(=O)c2cc(Cl)cnc2N)CC1c1ncc[nH]1. The Morgan fingerprint density at radius 3 is 2.88 bits per heavy atom. The van der Waals surface area contributed by atoms with E-state index in [1.165, 1.54) is 16.6 Å². The Balaban J connectivity index is 1.93. The minimum Gasteiger partial charge on any atom is -0.383 e. The van der Waals surface area contributed by atoms with Crippen molar-refractivity contribution in [3.63, 3.8) is 0 Å². The summed E-state index contributed by atoms with van der Waals surface area (Å²) in [5.74, 6) is 0.695. The van der Waals surface area contributed by atoms with Crippen LogP contribution < -0.4 is 5.73 Å². The number of hydrogen-bond acceptors (Lipinski definition) is 6. The number of halogens is 1. The van der Waals surface area contributed by atoms with Gasteiger partial charge in [-0.1, -0.05) is 18.5 Å². The van der Waals surface area contributed by atoms with E-state index in [9.17, 15) is 8.42 Å². The second-order valence-electron chi connectivity index (χ2n) is 5.52. The first-order valence-corrected chi connectivity index (χ1v) is 9.39. The topological polar surface area (TPSA) is 108 Å². The molecule has 0 spiro atoms. The Kier molecular flexibility index (Phi) is 4.77. The molecule has 0 radical (unpaired) electrons. The Morgan fingerprint density at radius 1 is 1.42 bits per heavy atom. The van der Waals surface area contributed by atoms with Crippen molar-refractivity contribution < 1.29 is 8.42 Å². The van der Waals surface area contributed by atoms with Gasteiger partial charge in [-0.3, -0.25) is 4.90 Å². The monoisotopic (exact) mass is 370 g/mol. The molecule has 8 nitrogen and oxygen atoms in total. The average Bonchev–Trinajstić information content (AvgIpc) is 3.10. The van der Waals surface area contributed by atoms with Gasteiger partial charge in [0.25, 0.3) is 0 Å². The number of sulfonamides is 1. The largest absolute Gasteiger partial charge is 0.383 e. The minimum atomic E-state index is -3.78. The maximum absolute atomic E-state index is 13.0. The molecule has 24 heavy (non-hydrogen) atoms. The van der Waals surface area contributed by atoms with Crippen LogP contribution in [0.4, 0.5) is 5.82 Å². The highest BCUT2D eigenvalue weighted by Gasteiger charge is 2.36. The first-order chi connectivity index (χ1) is 11.4. The number of nitrogens with one attached hydrogen (secondary N) is 1. The number of piperazine rings is 1. The lowest BCUT2D eigenvalue weighted by Gasteiger charge is -2.39. The number of pyridine rings is 1. The number of hydrogen-bond donors (Lipinski definition) is 2. The molecule has 1 fully saturated rings. The summed E-state index contributed by atoms with van der Waals surface area (Å²) < 4.78 is 27.3. The summed E-state index contributed by atoms with van der Waals surface area (Å²) >= 11 is 5.89. The summed E-state index contributed by atoms with van der Waals surface area (Å²) in [4.78, 5) is 13.3. The van der Waals surface area contributed by atoms with E-state index in [0.717, 1.165) is 12.4 Å². The van der Waals surface area contributed by atoms with E-state index in [1.807, 2.05) is 6.92 Å². The molecule has 0 aromatic carbocycles. The number of imidazole rings is 1. The van der Waals surface area contributed by atoms with Crippen LogP contribution in [0, 0.1) is 0 Å². The maximum atomic E-state index is 13.0. The number of nitrogen functional groups attached to an aromatic ring is 1. The molecule has 1 atom stereocenters. The normalized spacial score (nSPS) is 20.3. The molecule has 0 amide bonds. The molecule has 3 N–H and O–H groups in total. The Hall–Kier alpha value is -1.68. The number of likely N-dealkylation sites (N-methyl/N-ethyl adjacent to an activating group) is 1. The molecule has 130 valence electrons. The van der Waals surface area contributed by atoms with Crippen LogP contribution >= 0.6 is 11.6 Å². The van der Waals surface area contributed by atoms with Gasteiger partial charge < -0.3 is 10.7 Å². The third-order valence-corrected chi connectivity index (χ3v) is 6.26. The first kappa shape index (κ1) is 17.2. The van der Waals surface area contributed by atoms with Gasteiger partial charge in [0.05, 0.1) is 11.1 Å². The Bertz CT molecular complexity index is 811. The second kappa shape index (κ2) is 6.67. The van der Waals surface area contributed by atoms with Gasteiger partial charge in [0.15, 0.2) is 0 Å². The number of anilines is 1. The molecule has 3 rings (SSSR count). The zero-order valence-electron chi connectivity index (χ0n) is 13.2. The Morgan fingerprint density at radius 2 is 2.21 bits per heavy atom. The van der Waals surface area contributed by atoms with Gasteiger partial charge in [0, 0.05) is 38.2 Å². The molecule has 0 aliphatic carbocycles. The molecule has 2 aromatic rings. The standard InChI is InChI=1S/C14H19ClN6O2S/c1-2-20-5-6-21(9-11(20)14-17-3-4-18-14)24(22,23)12-7-10(15)8-19-13(12)16/h3-4,7-8,11H,2,5-6,9H2,1H3,(H2,16,19)(H,17,18). The van der Waals surface area contributed by atoms with E-state index in [4.69, 9.17) is 17.3 Å². The summed E-state index contributed by atoms with van der Waals surface area (Å²) in [6, 6.07) is 1.20. The quantitative estimate of drug-likeness (QED) is 0.834. The number of aromatic nitrogens is 3. The van der Waals surface area contributed by atoms with Crippen molar-refractivity contribution in [2.75, 3.05) is 31.9 Å². The zero-order chi connectivity index (χ0) is 17.3. The van der Waals surface area contributed by atoms with E-state index in [1.54, 1.807) is 12.4 Å². The van der Waals surface area contributed by atoms with Crippen LogP contribution in [0.25, 0.3) is 0 Å². The van der Waals surface area contributed by atoms with Crippen molar-refractivity contribution in [1.29, 1.82) is 0 Å². The van der Waals surface area contributed by atoms with Gasteiger partial charge in [-0.15, -0.1) is 0 Å². The number of H-pyrrole nitrogens is 1. The molecule has 3 heterocycles. The van der Waals surface area contributed by atoms with Crippen LogP contribution in [0.15, 0.2) is 29.6 Å². The van der Waals surface area contributed by atoms with Crippen LogP contribution in [0.1, 0.15) is 18.8 Å². The van der Waals surface area contributed by atoms with Crippen LogP contribution in [-0.4, -0.2) is 58.8 Å². The maximum Gasteiger partial charge on any atom is 0.246 e. The average molecular weight is 371 g/mol. The number of nitrogens with two attached hydrogens (primary N) is 1. The summed E-state index contributed by atoms with van der Waals surface area (Å²) in [7, 11) is -3.78. The molecule has 1 aliphatic heterocycles. The molecular weight excluding hydrogens is 352 g/mol.